The molecule has 1 aromatic heterocycles. The number of nitrogens with zero attached hydrogens (tertiary/aromatic N) is 3. The van der Waals surface area contributed by atoms with Crippen LogP contribution in [0.25, 0.3) is 0 Å². The van der Waals surface area contributed by atoms with Gasteiger partial charge in [-0.25, -0.2) is 0 Å². The normalized spacial score (nSPS) is 24.9. The second-order valence-corrected chi connectivity index (χ2v) is 5.54. The molecule has 1 aromatic rings. The minimum atomic E-state index is 0.519. The number of hydrogen-bond acceptors (Lipinski definition) is 5. The van der Waals surface area contributed by atoms with Crippen molar-refractivity contribution >= 4 is 5.82 Å². The molecule has 0 saturated carbocycles. The van der Waals surface area contributed by atoms with E-state index < -0.39 is 0 Å². The van der Waals surface area contributed by atoms with E-state index in [2.05, 4.69) is 27.2 Å². The molecule has 5 heteroatoms. The second-order valence-electron chi connectivity index (χ2n) is 5.54. The molecule has 1 atom stereocenters. The Bertz CT molecular complexity index is 402. The van der Waals surface area contributed by atoms with Crippen LogP contribution in [0.1, 0.15) is 30.9 Å². The van der Waals surface area contributed by atoms with Crippen molar-refractivity contribution in [2.24, 2.45) is 11.7 Å². The van der Waals surface area contributed by atoms with Gasteiger partial charge in [-0.15, -0.1) is 5.10 Å². The van der Waals surface area contributed by atoms with Crippen LogP contribution in [0, 0.1) is 5.92 Å². The lowest BCUT2D eigenvalue weighted by Gasteiger charge is -2.22. The first-order chi connectivity index (χ1) is 9.36. The van der Waals surface area contributed by atoms with Crippen molar-refractivity contribution in [2.75, 3.05) is 37.7 Å². The van der Waals surface area contributed by atoms with Crippen molar-refractivity contribution in [3.05, 3.63) is 17.8 Å². The van der Waals surface area contributed by atoms with Crippen LogP contribution in [0.4, 0.5) is 5.82 Å². The average Bonchev–Trinajstić information content (AvgIpc) is 2.97. The molecule has 0 bridgehead atoms. The van der Waals surface area contributed by atoms with Crippen LogP contribution < -0.4 is 10.6 Å². The number of aromatic nitrogens is 2. The monoisotopic (exact) mass is 262 g/mol. The van der Waals surface area contributed by atoms with Gasteiger partial charge in [0.15, 0.2) is 5.82 Å². The summed E-state index contributed by atoms with van der Waals surface area (Å²) in [6.07, 6.45) is 3.29. The van der Waals surface area contributed by atoms with Gasteiger partial charge in [0.05, 0.1) is 5.69 Å². The number of rotatable bonds is 3. The number of ether oxygens (including phenoxy) is 1. The van der Waals surface area contributed by atoms with Crippen LogP contribution in [-0.4, -0.2) is 43.0 Å². The fraction of sp³-hybridized carbons (Fsp3) is 0.714. The lowest BCUT2D eigenvalue weighted by molar-refractivity contribution is 0.0843. The van der Waals surface area contributed by atoms with Crippen molar-refractivity contribution in [3.63, 3.8) is 0 Å². The molecule has 2 aliphatic heterocycles. The van der Waals surface area contributed by atoms with Gasteiger partial charge in [0.2, 0.25) is 0 Å². The molecule has 0 aliphatic carbocycles. The van der Waals surface area contributed by atoms with E-state index in [4.69, 9.17) is 10.5 Å². The largest absolute Gasteiger partial charge is 0.381 e. The maximum absolute atomic E-state index is 5.72. The summed E-state index contributed by atoms with van der Waals surface area (Å²) in [5.41, 5.74) is 6.83. The maximum Gasteiger partial charge on any atom is 0.151 e. The van der Waals surface area contributed by atoms with Crippen LogP contribution in [0.3, 0.4) is 0 Å². The lowest BCUT2D eigenvalue weighted by Crippen LogP contribution is -2.24. The Labute approximate surface area is 114 Å². The Morgan fingerprint density at radius 2 is 2.05 bits per heavy atom. The van der Waals surface area contributed by atoms with Crippen molar-refractivity contribution < 1.29 is 4.74 Å². The molecular weight excluding hydrogens is 240 g/mol. The van der Waals surface area contributed by atoms with E-state index >= 15 is 0 Å². The van der Waals surface area contributed by atoms with Gasteiger partial charge >= 0.3 is 0 Å². The van der Waals surface area contributed by atoms with Gasteiger partial charge in [-0.1, -0.05) is 0 Å². The van der Waals surface area contributed by atoms with E-state index in [1.54, 1.807) is 0 Å². The van der Waals surface area contributed by atoms with Crippen molar-refractivity contribution in [3.8, 4) is 0 Å². The molecule has 2 saturated heterocycles. The third-order valence-electron chi connectivity index (χ3n) is 4.25. The van der Waals surface area contributed by atoms with E-state index in [1.165, 1.54) is 6.42 Å². The Kier molecular flexibility index (Phi) is 3.94. The zero-order valence-corrected chi connectivity index (χ0v) is 11.3. The van der Waals surface area contributed by atoms with Crippen molar-refractivity contribution in [2.45, 2.75) is 25.2 Å². The highest BCUT2D eigenvalue weighted by Gasteiger charge is 2.23. The third-order valence-corrected chi connectivity index (χ3v) is 4.25. The topological polar surface area (TPSA) is 64.3 Å². The van der Waals surface area contributed by atoms with Crippen LogP contribution in [0.5, 0.6) is 0 Å². The van der Waals surface area contributed by atoms with E-state index in [0.29, 0.717) is 11.8 Å². The molecule has 0 aromatic carbocycles. The summed E-state index contributed by atoms with van der Waals surface area (Å²) in [7, 11) is 0. The summed E-state index contributed by atoms with van der Waals surface area (Å²) in [5.74, 6) is 2.12. The Morgan fingerprint density at radius 1 is 1.21 bits per heavy atom. The van der Waals surface area contributed by atoms with Crippen LogP contribution >= 0.6 is 0 Å². The molecule has 3 rings (SSSR count). The predicted molar refractivity (Wildman–Crippen MR) is 74.2 cm³/mol. The summed E-state index contributed by atoms with van der Waals surface area (Å²) in [6.45, 7) is 4.52. The summed E-state index contributed by atoms with van der Waals surface area (Å²) in [5, 5.41) is 8.82. The molecule has 19 heavy (non-hydrogen) atoms. The molecule has 5 nitrogen and oxygen atoms in total. The van der Waals surface area contributed by atoms with E-state index in [1.807, 2.05) is 0 Å². The minimum Gasteiger partial charge on any atom is -0.381 e. The highest BCUT2D eigenvalue weighted by Crippen LogP contribution is 2.26. The quantitative estimate of drug-likeness (QED) is 0.885. The fourth-order valence-corrected chi connectivity index (χ4v) is 2.95. The third kappa shape index (κ3) is 2.87. The zero-order chi connectivity index (χ0) is 13.1. The lowest BCUT2D eigenvalue weighted by atomic mass is 9.96. The van der Waals surface area contributed by atoms with E-state index in [-0.39, 0.29) is 0 Å². The van der Waals surface area contributed by atoms with Gasteiger partial charge in [0.25, 0.3) is 0 Å². The number of anilines is 1. The molecule has 2 N–H and O–H groups in total. The summed E-state index contributed by atoms with van der Waals surface area (Å²) in [4.78, 5) is 2.29. The number of nitrogens with two attached hydrogens (primary N) is 1. The molecular formula is C14H22N4O. The molecule has 0 spiro atoms. The van der Waals surface area contributed by atoms with Crippen LogP contribution in [-0.2, 0) is 4.74 Å². The van der Waals surface area contributed by atoms with Gasteiger partial charge in [-0.3, -0.25) is 0 Å². The first kappa shape index (κ1) is 12.8. The Hall–Kier alpha value is -1.20. The smallest absolute Gasteiger partial charge is 0.151 e. The van der Waals surface area contributed by atoms with Crippen LogP contribution in [0.2, 0.25) is 0 Å². The summed E-state index contributed by atoms with van der Waals surface area (Å²) >= 11 is 0. The molecule has 2 fully saturated rings. The first-order valence-corrected chi connectivity index (χ1v) is 7.23. The van der Waals surface area contributed by atoms with Gasteiger partial charge < -0.3 is 15.4 Å². The minimum absolute atomic E-state index is 0.519. The molecule has 104 valence electrons. The summed E-state index contributed by atoms with van der Waals surface area (Å²) in [6, 6.07) is 4.24. The molecule has 0 amide bonds. The first-order valence-electron chi connectivity index (χ1n) is 7.23. The van der Waals surface area contributed by atoms with Gasteiger partial charge in [0.1, 0.15) is 0 Å². The standard InChI is InChI=1S/C14H22N4O/c15-9-11-3-6-18(10-11)14-2-1-13(16-17-14)12-4-7-19-8-5-12/h1-2,11-12H,3-10,15H2. The van der Waals surface area contributed by atoms with Crippen molar-refractivity contribution in [1.82, 2.24) is 10.2 Å². The predicted octanol–water partition coefficient (Wildman–Crippen LogP) is 1.16. The van der Waals surface area contributed by atoms with Crippen molar-refractivity contribution in [1.29, 1.82) is 0 Å². The molecule has 2 aliphatic rings. The van der Waals surface area contributed by atoms with E-state index in [0.717, 1.165) is 57.2 Å². The molecule has 3 heterocycles. The van der Waals surface area contributed by atoms with Gasteiger partial charge in [0, 0.05) is 32.2 Å². The average molecular weight is 262 g/mol. The SMILES string of the molecule is NCC1CCN(c2ccc(C3CCOCC3)nn2)C1. The highest BCUT2D eigenvalue weighted by molar-refractivity contribution is 5.39. The maximum atomic E-state index is 5.72. The van der Waals surface area contributed by atoms with E-state index in [9.17, 15) is 0 Å². The Balaban J connectivity index is 1.65. The van der Waals surface area contributed by atoms with Gasteiger partial charge in [-0.05, 0) is 43.9 Å². The highest BCUT2D eigenvalue weighted by atomic mass is 16.5. The Morgan fingerprint density at radius 3 is 2.68 bits per heavy atom. The van der Waals surface area contributed by atoms with Crippen LogP contribution in [0.15, 0.2) is 12.1 Å². The van der Waals surface area contributed by atoms with Gasteiger partial charge in [-0.2, -0.15) is 5.10 Å². The number of hydrogen-bond donors (Lipinski definition) is 1. The fourth-order valence-electron chi connectivity index (χ4n) is 2.95. The zero-order valence-electron chi connectivity index (χ0n) is 11.3. The second kappa shape index (κ2) is 5.84. The molecule has 1 unspecified atom stereocenters. The summed E-state index contributed by atoms with van der Waals surface area (Å²) < 4.78 is 5.38. The molecule has 0 radical (unpaired) electrons.